The van der Waals surface area contributed by atoms with Gasteiger partial charge in [-0.25, -0.2) is 14.6 Å². The van der Waals surface area contributed by atoms with Gasteiger partial charge >= 0.3 is 11.8 Å². The van der Waals surface area contributed by atoms with Gasteiger partial charge in [0.1, 0.15) is 5.65 Å². The third-order valence-electron chi connectivity index (χ3n) is 7.29. The van der Waals surface area contributed by atoms with Crippen LogP contribution in [0.15, 0.2) is 47.5 Å². The molecule has 0 spiro atoms. The number of nitrogens with zero attached hydrogens (tertiary/aromatic N) is 5. The number of hydrogen-bond acceptors (Lipinski definition) is 5. The third kappa shape index (κ3) is 3.57. The number of hydrogen-bond donors (Lipinski definition) is 3. The van der Waals surface area contributed by atoms with Crippen molar-refractivity contribution < 1.29 is 14.6 Å². The lowest BCUT2D eigenvalue weighted by Crippen LogP contribution is -2.32. The number of benzene rings is 1. The molecule has 6 rings (SSSR count). The highest BCUT2D eigenvalue weighted by Crippen LogP contribution is 2.44. The molecule has 2 atom stereocenters. The number of methoxy groups -OCH3 is 1. The molecule has 0 bridgehead atoms. The normalized spacial score (nSPS) is 17.6. The molecule has 0 unspecified atom stereocenters. The molecule has 1 aliphatic rings. The molecule has 4 heterocycles. The first kappa shape index (κ1) is 22.9. The molecule has 0 saturated heterocycles. The van der Waals surface area contributed by atoms with Crippen molar-refractivity contribution >= 4 is 28.2 Å². The SMILES string of the molecule is COc1nn(C)cc1-c1[nH]c2ncc3c(c2c1-c1ccccc1)n([C@@H]1CC[C@@H](NC(=O)O)C1)c(=O)n3C. The minimum Gasteiger partial charge on any atom is -0.479 e. The van der Waals surface area contributed by atoms with E-state index in [0.29, 0.717) is 36.3 Å². The zero-order chi connectivity index (χ0) is 25.8. The van der Waals surface area contributed by atoms with E-state index in [2.05, 4.69) is 15.4 Å². The summed E-state index contributed by atoms with van der Waals surface area (Å²) in [5, 5.41) is 17.1. The molecule has 1 aliphatic carbocycles. The molecule has 1 aromatic carbocycles. The lowest BCUT2D eigenvalue weighted by Gasteiger charge is -2.14. The highest BCUT2D eigenvalue weighted by molar-refractivity contribution is 6.14. The summed E-state index contributed by atoms with van der Waals surface area (Å²) in [6, 6.07) is 9.63. The maximum absolute atomic E-state index is 13.6. The van der Waals surface area contributed by atoms with Gasteiger partial charge in [-0.2, -0.15) is 0 Å². The van der Waals surface area contributed by atoms with Crippen LogP contribution in [0.25, 0.3) is 44.5 Å². The molecule has 190 valence electrons. The Labute approximate surface area is 211 Å². The monoisotopic (exact) mass is 501 g/mol. The molecule has 1 saturated carbocycles. The van der Waals surface area contributed by atoms with E-state index in [4.69, 9.17) is 9.72 Å². The van der Waals surface area contributed by atoms with Crippen LogP contribution in [0, 0.1) is 0 Å². The van der Waals surface area contributed by atoms with Gasteiger partial charge in [0, 0.05) is 37.9 Å². The second-order valence-electron chi connectivity index (χ2n) is 9.51. The van der Waals surface area contributed by atoms with Crippen LogP contribution in [0.5, 0.6) is 5.88 Å². The summed E-state index contributed by atoms with van der Waals surface area (Å²) < 4.78 is 10.7. The minimum absolute atomic E-state index is 0.145. The van der Waals surface area contributed by atoms with Gasteiger partial charge in [0.2, 0.25) is 5.88 Å². The predicted octanol–water partition coefficient (Wildman–Crippen LogP) is 3.65. The van der Waals surface area contributed by atoms with Crippen LogP contribution in [-0.2, 0) is 14.1 Å². The largest absolute Gasteiger partial charge is 0.479 e. The Morgan fingerprint density at radius 2 is 2.00 bits per heavy atom. The van der Waals surface area contributed by atoms with E-state index in [1.807, 2.05) is 48.1 Å². The number of aryl methyl sites for hydroxylation is 2. The van der Waals surface area contributed by atoms with E-state index in [1.54, 1.807) is 29.6 Å². The molecule has 0 radical (unpaired) electrons. The van der Waals surface area contributed by atoms with Crippen molar-refractivity contribution in [1.82, 2.24) is 34.2 Å². The number of H-pyrrole nitrogens is 1. The first-order valence-corrected chi connectivity index (χ1v) is 12.1. The van der Waals surface area contributed by atoms with Crippen molar-refractivity contribution in [3.8, 4) is 28.3 Å². The van der Waals surface area contributed by atoms with Crippen LogP contribution in [0.3, 0.4) is 0 Å². The van der Waals surface area contributed by atoms with Crippen molar-refractivity contribution in [3.05, 3.63) is 53.2 Å². The highest BCUT2D eigenvalue weighted by atomic mass is 16.5. The van der Waals surface area contributed by atoms with Crippen LogP contribution < -0.4 is 15.7 Å². The molecule has 37 heavy (non-hydrogen) atoms. The summed E-state index contributed by atoms with van der Waals surface area (Å²) in [7, 11) is 5.17. The van der Waals surface area contributed by atoms with Gasteiger partial charge < -0.3 is 20.1 Å². The van der Waals surface area contributed by atoms with Gasteiger partial charge in [0.05, 0.1) is 41.0 Å². The highest BCUT2D eigenvalue weighted by Gasteiger charge is 2.32. The van der Waals surface area contributed by atoms with E-state index < -0.39 is 6.09 Å². The average Bonchev–Trinajstić information content (AvgIpc) is 3.64. The van der Waals surface area contributed by atoms with E-state index in [1.165, 1.54) is 0 Å². The van der Waals surface area contributed by atoms with Gasteiger partial charge in [-0.05, 0) is 24.8 Å². The molecule has 1 amide bonds. The number of aromatic nitrogens is 6. The van der Waals surface area contributed by atoms with E-state index >= 15 is 0 Å². The van der Waals surface area contributed by atoms with Crippen molar-refractivity contribution in [3.63, 3.8) is 0 Å². The summed E-state index contributed by atoms with van der Waals surface area (Å²) in [5.74, 6) is 0.478. The first-order valence-electron chi connectivity index (χ1n) is 12.1. The molecule has 11 nitrogen and oxygen atoms in total. The Kier molecular flexibility index (Phi) is 5.28. The second-order valence-corrected chi connectivity index (χ2v) is 9.51. The van der Waals surface area contributed by atoms with E-state index in [0.717, 1.165) is 33.3 Å². The predicted molar refractivity (Wildman–Crippen MR) is 139 cm³/mol. The molecular weight excluding hydrogens is 474 g/mol. The molecule has 5 aromatic rings. The summed E-state index contributed by atoms with van der Waals surface area (Å²) >= 11 is 0. The first-order chi connectivity index (χ1) is 17.9. The fraction of sp³-hybridized carbons (Fsp3) is 0.308. The van der Waals surface area contributed by atoms with E-state index in [-0.39, 0.29) is 17.8 Å². The van der Waals surface area contributed by atoms with Crippen molar-refractivity contribution in [2.45, 2.75) is 31.3 Å². The topological polar surface area (TPSA) is 132 Å². The summed E-state index contributed by atoms with van der Waals surface area (Å²) in [4.78, 5) is 33.0. The summed E-state index contributed by atoms with van der Waals surface area (Å²) in [6.07, 6.45) is 4.48. The Hall–Kier alpha value is -4.54. The maximum atomic E-state index is 13.6. The number of rotatable bonds is 5. The third-order valence-corrected chi connectivity index (χ3v) is 7.29. The number of carboxylic acid groups (broad SMARTS) is 1. The van der Waals surface area contributed by atoms with Gasteiger partial charge in [-0.1, -0.05) is 30.3 Å². The average molecular weight is 502 g/mol. The number of nitrogens with one attached hydrogen (secondary N) is 2. The molecule has 4 aromatic heterocycles. The quantitative estimate of drug-likeness (QED) is 0.337. The van der Waals surface area contributed by atoms with Gasteiger partial charge in [0.25, 0.3) is 0 Å². The Bertz CT molecular complexity index is 1710. The van der Waals surface area contributed by atoms with Crippen LogP contribution in [-0.4, -0.2) is 53.2 Å². The minimum atomic E-state index is -1.05. The number of pyridine rings is 1. The zero-order valence-electron chi connectivity index (χ0n) is 20.7. The van der Waals surface area contributed by atoms with Crippen LogP contribution in [0.4, 0.5) is 4.79 Å². The number of fused-ring (bicyclic) bond motifs is 3. The molecule has 1 fully saturated rings. The van der Waals surface area contributed by atoms with Gasteiger partial charge in [-0.15, -0.1) is 5.10 Å². The molecule has 0 aliphatic heterocycles. The van der Waals surface area contributed by atoms with E-state index in [9.17, 15) is 14.7 Å². The number of aromatic amines is 1. The fourth-order valence-corrected chi connectivity index (χ4v) is 5.70. The Morgan fingerprint density at radius 3 is 2.73 bits per heavy atom. The van der Waals surface area contributed by atoms with Gasteiger partial charge in [0.15, 0.2) is 0 Å². The molecule has 3 N–H and O–H groups in total. The number of ether oxygens (including phenoxy) is 1. The zero-order valence-corrected chi connectivity index (χ0v) is 20.7. The number of amides is 1. The number of carbonyl (C=O) groups is 1. The van der Waals surface area contributed by atoms with Gasteiger partial charge in [-0.3, -0.25) is 13.8 Å². The smallest absolute Gasteiger partial charge is 0.404 e. The number of imidazole rings is 1. The van der Waals surface area contributed by atoms with Crippen molar-refractivity contribution in [2.24, 2.45) is 14.1 Å². The Morgan fingerprint density at radius 1 is 1.22 bits per heavy atom. The summed E-state index contributed by atoms with van der Waals surface area (Å²) in [6.45, 7) is 0. The van der Waals surface area contributed by atoms with Crippen LogP contribution >= 0.6 is 0 Å². The van der Waals surface area contributed by atoms with Crippen LogP contribution in [0.1, 0.15) is 25.3 Å². The molecular formula is C26H27N7O4. The second kappa shape index (κ2) is 8.54. The lowest BCUT2D eigenvalue weighted by atomic mass is 9.99. The van der Waals surface area contributed by atoms with Crippen LogP contribution in [0.2, 0.25) is 0 Å². The summed E-state index contributed by atoms with van der Waals surface area (Å²) in [5.41, 5.74) is 5.44. The fourth-order valence-electron chi connectivity index (χ4n) is 5.70. The molecule has 11 heteroatoms. The van der Waals surface area contributed by atoms with Crippen molar-refractivity contribution in [2.75, 3.05) is 7.11 Å². The Balaban J connectivity index is 1.68. The maximum Gasteiger partial charge on any atom is 0.404 e. The van der Waals surface area contributed by atoms with Crippen molar-refractivity contribution in [1.29, 1.82) is 0 Å². The standard InChI is InChI=1S/C26H27N7O4/c1-31-13-17(24(30-31)37-3)21-19(14-7-5-4-6-8-14)20-22-18(12-27-23(20)29-21)32(2)26(36)33(22)16-10-9-15(11-16)28-25(34)35/h4-8,12-13,15-16,28H,9-11H2,1-3H3,(H,27,29)(H,34,35)/t15-,16-/m1/s1. The lowest BCUT2D eigenvalue weighted by molar-refractivity contribution is 0.190.